The number of ketones is 1. The average molecular weight is 354 g/mol. The number of piperidine rings is 1. The van der Waals surface area contributed by atoms with Gasteiger partial charge in [0.2, 0.25) is 5.91 Å². The molecule has 26 heavy (non-hydrogen) atoms. The maximum Gasteiger partial charge on any atom is 0.241 e. The van der Waals surface area contributed by atoms with Crippen molar-refractivity contribution in [2.24, 2.45) is 5.92 Å². The van der Waals surface area contributed by atoms with E-state index in [1.54, 1.807) is 12.1 Å². The monoisotopic (exact) mass is 354 g/mol. The fourth-order valence-corrected chi connectivity index (χ4v) is 3.37. The number of benzene rings is 2. The van der Waals surface area contributed by atoms with E-state index in [0.29, 0.717) is 18.8 Å². The van der Waals surface area contributed by atoms with Crippen LogP contribution in [0.5, 0.6) is 0 Å². The third kappa shape index (κ3) is 4.35. The Kier molecular flexibility index (Phi) is 5.78. The predicted octanol–water partition coefficient (Wildman–Crippen LogP) is 3.75. The summed E-state index contributed by atoms with van der Waals surface area (Å²) in [5, 5.41) is 2.75. The molecule has 1 aliphatic heterocycles. The van der Waals surface area contributed by atoms with Crippen LogP contribution in [0.2, 0.25) is 0 Å². The Hall–Kier alpha value is -2.53. The fraction of sp³-hybridized carbons (Fsp3) is 0.333. The van der Waals surface area contributed by atoms with Crippen LogP contribution >= 0.6 is 0 Å². The van der Waals surface area contributed by atoms with Gasteiger partial charge in [-0.05, 0) is 51.1 Å². The maximum absolute atomic E-state index is 13.2. The Bertz CT molecular complexity index is 771. The highest BCUT2D eigenvalue weighted by atomic mass is 19.1. The van der Waals surface area contributed by atoms with Crippen LogP contribution in [0.25, 0.3) is 0 Å². The topological polar surface area (TPSA) is 49.4 Å². The molecule has 0 aromatic heterocycles. The first-order valence-corrected chi connectivity index (χ1v) is 8.94. The summed E-state index contributed by atoms with van der Waals surface area (Å²) in [6.07, 6.45) is 1.48. The number of halogens is 1. The quantitative estimate of drug-likeness (QED) is 0.832. The third-order valence-electron chi connectivity index (χ3n) is 4.98. The summed E-state index contributed by atoms with van der Waals surface area (Å²) >= 11 is 0. The number of carbonyl (C=O) groups excluding carboxylic acids is 2. The van der Waals surface area contributed by atoms with Gasteiger partial charge in [0.25, 0.3) is 0 Å². The second-order valence-corrected chi connectivity index (χ2v) is 6.72. The molecule has 0 saturated carbocycles. The fourth-order valence-electron chi connectivity index (χ4n) is 3.37. The average Bonchev–Trinajstić information content (AvgIpc) is 2.67. The van der Waals surface area contributed by atoms with Crippen LogP contribution in [-0.4, -0.2) is 35.7 Å². The van der Waals surface area contributed by atoms with Gasteiger partial charge in [-0.1, -0.05) is 36.4 Å². The second kappa shape index (κ2) is 8.23. The first-order valence-electron chi connectivity index (χ1n) is 8.94. The molecule has 2 aromatic rings. The van der Waals surface area contributed by atoms with Crippen molar-refractivity contribution in [3.63, 3.8) is 0 Å². The molecule has 1 aliphatic rings. The summed E-state index contributed by atoms with van der Waals surface area (Å²) in [4.78, 5) is 27.0. The number of rotatable bonds is 5. The van der Waals surface area contributed by atoms with E-state index < -0.39 is 0 Å². The standard InChI is InChI=1S/C21H23FN2O2/c1-15(21(26)23-19-9-5-8-18(22)14-19)24-12-10-17(11-13-24)20(25)16-6-3-2-4-7-16/h2-9,14-15,17H,10-13H2,1H3,(H,23,26). The molecule has 4 nitrogen and oxygen atoms in total. The van der Waals surface area contributed by atoms with E-state index in [1.807, 2.05) is 37.3 Å². The molecule has 5 heteroatoms. The van der Waals surface area contributed by atoms with Gasteiger partial charge in [0.15, 0.2) is 5.78 Å². The summed E-state index contributed by atoms with van der Waals surface area (Å²) in [5.74, 6) is -0.353. The normalized spacial score (nSPS) is 16.8. The zero-order valence-corrected chi connectivity index (χ0v) is 14.8. The molecule has 1 fully saturated rings. The molecule has 1 saturated heterocycles. The first-order chi connectivity index (χ1) is 12.5. The van der Waals surface area contributed by atoms with Crippen molar-refractivity contribution in [3.05, 3.63) is 66.0 Å². The molecule has 1 heterocycles. The number of amides is 1. The molecule has 1 atom stereocenters. The number of Topliss-reactive ketones (excluding diaryl/α,β-unsaturated/α-hetero) is 1. The van der Waals surface area contributed by atoms with E-state index >= 15 is 0 Å². The van der Waals surface area contributed by atoms with Gasteiger partial charge in [0.05, 0.1) is 6.04 Å². The van der Waals surface area contributed by atoms with Crippen LogP contribution in [0.4, 0.5) is 10.1 Å². The first kappa shape index (κ1) is 18.3. The van der Waals surface area contributed by atoms with E-state index in [9.17, 15) is 14.0 Å². The molecule has 3 rings (SSSR count). The Balaban J connectivity index is 1.54. The Morgan fingerprint density at radius 2 is 1.77 bits per heavy atom. The van der Waals surface area contributed by atoms with Gasteiger partial charge in [0, 0.05) is 17.2 Å². The molecule has 2 aromatic carbocycles. The van der Waals surface area contributed by atoms with Gasteiger partial charge in [-0.2, -0.15) is 0 Å². The summed E-state index contributed by atoms with van der Waals surface area (Å²) in [5.41, 5.74) is 1.21. The van der Waals surface area contributed by atoms with Crippen molar-refractivity contribution >= 4 is 17.4 Å². The number of anilines is 1. The van der Waals surface area contributed by atoms with Crippen molar-refractivity contribution in [1.29, 1.82) is 0 Å². The SMILES string of the molecule is CC(C(=O)Nc1cccc(F)c1)N1CCC(C(=O)c2ccccc2)CC1. The van der Waals surface area contributed by atoms with Crippen molar-refractivity contribution in [1.82, 2.24) is 4.90 Å². The van der Waals surface area contributed by atoms with Gasteiger partial charge in [-0.3, -0.25) is 14.5 Å². The van der Waals surface area contributed by atoms with Gasteiger partial charge in [-0.15, -0.1) is 0 Å². The molecule has 1 amide bonds. The van der Waals surface area contributed by atoms with Gasteiger partial charge in [0.1, 0.15) is 5.82 Å². The smallest absolute Gasteiger partial charge is 0.241 e. The van der Waals surface area contributed by atoms with Crippen LogP contribution in [0, 0.1) is 11.7 Å². The molecule has 136 valence electrons. The molecule has 1 unspecified atom stereocenters. The minimum atomic E-state index is -0.379. The highest BCUT2D eigenvalue weighted by Gasteiger charge is 2.30. The molecule has 0 radical (unpaired) electrons. The van der Waals surface area contributed by atoms with Crippen molar-refractivity contribution in [3.8, 4) is 0 Å². The summed E-state index contributed by atoms with van der Waals surface area (Å²) in [7, 11) is 0. The molecular formula is C21H23FN2O2. The van der Waals surface area contributed by atoms with Crippen molar-refractivity contribution in [2.75, 3.05) is 18.4 Å². The zero-order valence-electron chi connectivity index (χ0n) is 14.8. The van der Waals surface area contributed by atoms with E-state index in [0.717, 1.165) is 18.4 Å². The predicted molar refractivity (Wildman–Crippen MR) is 99.6 cm³/mol. The second-order valence-electron chi connectivity index (χ2n) is 6.72. The number of nitrogens with one attached hydrogen (secondary N) is 1. The highest BCUT2D eigenvalue weighted by Crippen LogP contribution is 2.23. The lowest BCUT2D eigenvalue weighted by Gasteiger charge is -2.34. The molecule has 0 aliphatic carbocycles. The number of hydrogen-bond donors (Lipinski definition) is 1. The molecule has 0 spiro atoms. The lowest BCUT2D eigenvalue weighted by Crippen LogP contribution is -2.47. The lowest BCUT2D eigenvalue weighted by atomic mass is 9.88. The number of nitrogens with zero attached hydrogens (tertiary/aromatic N) is 1. The van der Waals surface area contributed by atoms with Crippen molar-refractivity contribution in [2.45, 2.75) is 25.8 Å². The van der Waals surface area contributed by atoms with Crippen LogP contribution in [0.15, 0.2) is 54.6 Å². The molecule has 1 N–H and O–H groups in total. The molecule has 0 bridgehead atoms. The van der Waals surface area contributed by atoms with Crippen molar-refractivity contribution < 1.29 is 14.0 Å². The van der Waals surface area contributed by atoms with E-state index in [2.05, 4.69) is 10.2 Å². The Morgan fingerprint density at radius 1 is 1.08 bits per heavy atom. The highest BCUT2D eigenvalue weighted by molar-refractivity contribution is 5.98. The maximum atomic E-state index is 13.2. The van der Waals surface area contributed by atoms with Gasteiger partial charge >= 0.3 is 0 Å². The van der Waals surface area contributed by atoms with Gasteiger partial charge < -0.3 is 5.32 Å². The van der Waals surface area contributed by atoms with E-state index in [1.165, 1.54) is 12.1 Å². The Labute approximate surface area is 153 Å². The summed E-state index contributed by atoms with van der Waals surface area (Å²) in [6.45, 7) is 3.23. The lowest BCUT2D eigenvalue weighted by molar-refractivity contribution is -0.121. The minimum Gasteiger partial charge on any atom is -0.325 e. The number of hydrogen-bond acceptors (Lipinski definition) is 3. The molecular weight excluding hydrogens is 331 g/mol. The van der Waals surface area contributed by atoms with Crippen LogP contribution in [0.1, 0.15) is 30.1 Å². The number of likely N-dealkylation sites (tertiary alicyclic amines) is 1. The van der Waals surface area contributed by atoms with Crippen LogP contribution < -0.4 is 5.32 Å². The third-order valence-corrected chi connectivity index (χ3v) is 4.98. The minimum absolute atomic E-state index is 0.00660. The zero-order chi connectivity index (χ0) is 18.5. The van der Waals surface area contributed by atoms with Crippen LogP contribution in [0.3, 0.4) is 0 Å². The van der Waals surface area contributed by atoms with Crippen LogP contribution in [-0.2, 0) is 4.79 Å². The summed E-state index contributed by atoms with van der Waals surface area (Å²) < 4.78 is 13.2. The van der Waals surface area contributed by atoms with E-state index in [4.69, 9.17) is 0 Å². The Morgan fingerprint density at radius 3 is 2.42 bits per heavy atom. The number of carbonyl (C=O) groups is 2. The van der Waals surface area contributed by atoms with Gasteiger partial charge in [-0.25, -0.2) is 4.39 Å². The summed E-state index contributed by atoms with van der Waals surface area (Å²) in [6, 6.07) is 14.9. The van der Waals surface area contributed by atoms with E-state index in [-0.39, 0.29) is 29.5 Å². The largest absolute Gasteiger partial charge is 0.325 e.